The van der Waals surface area contributed by atoms with Crippen molar-refractivity contribution in [3.63, 3.8) is 0 Å². The largest absolute Gasteiger partial charge is 0.476 e. The minimum atomic E-state index is -4.41. The van der Waals surface area contributed by atoms with Crippen molar-refractivity contribution in [2.24, 2.45) is 0 Å². The number of pyridine rings is 1. The van der Waals surface area contributed by atoms with Crippen molar-refractivity contribution < 1.29 is 17.9 Å². The summed E-state index contributed by atoms with van der Waals surface area (Å²) in [5.74, 6) is 0.165. The maximum absolute atomic E-state index is 12.8. The second-order valence-corrected chi connectivity index (χ2v) is 4.48. The molecule has 0 aliphatic carbocycles. The first-order valence-electron chi connectivity index (χ1n) is 7.09. The number of anilines is 1. The zero-order chi connectivity index (χ0) is 15.9. The highest BCUT2D eigenvalue weighted by Crippen LogP contribution is 2.32. The zero-order valence-electron chi connectivity index (χ0n) is 12.6. The maximum atomic E-state index is 12.8. The van der Waals surface area contributed by atoms with E-state index in [0.29, 0.717) is 19.7 Å². The quantitative estimate of drug-likeness (QED) is 0.800. The Labute approximate surface area is 123 Å². The second kappa shape index (κ2) is 8.07. The fraction of sp³-hybridized carbons (Fsp3) is 0.643. The summed E-state index contributed by atoms with van der Waals surface area (Å²) in [6, 6.07) is 1.92. The Hall–Kier alpha value is -1.50. The first-order chi connectivity index (χ1) is 9.90. The van der Waals surface area contributed by atoms with Gasteiger partial charge in [0.15, 0.2) is 0 Å². The SMILES string of the molecule is CCNc1cc(C(F)(F)F)cc(OCCN(CC)CC)n1. The molecular formula is C14H22F3N3O. The summed E-state index contributed by atoms with van der Waals surface area (Å²) in [6.45, 7) is 9.04. The molecule has 0 radical (unpaired) electrons. The van der Waals surface area contributed by atoms with Crippen LogP contribution in [0.4, 0.5) is 19.0 Å². The van der Waals surface area contributed by atoms with E-state index in [9.17, 15) is 13.2 Å². The molecule has 120 valence electrons. The van der Waals surface area contributed by atoms with Gasteiger partial charge in [0.05, 0.1) is 5.56 Å². The lowest BCUT2D eigenvalue weighted by molar-refractivity contribution is -0.137. The van der Waals surface area contributed by atoms with Crippen LogP contribution in [0.5, 0.6) is 5.88 Å². The molecule has 1 N–H and O–H groups in total. The monoisotopic (exact) mass is 305 g/mol. The van der Waals surface area contributed by atoms with Crippen LogP contribution in [0.15, 0.2) is 12.1 Å². The highest BCUT2D eigenvalue weighted by Gasteiger charge is 2.32. The summed E-state index contributed by atoms with van der Waals surface area (Å²) < 4.78 is 43.9. The Bertz CT molecular complexity index is 434. The topological polar surface area (TPSA) is 37.4 Å². The number of halogens is 3. The predicted octanol–water partition coefficient (Wildman–Crippen LogP) is 3.25. The molecule has 7 heteroatoms. The van der Waals surface area contributed by atoms with Crippen molar-refractivity contribution in [1.82, 2.24) is 9.88 Å². The standard InChI is InChI=1S/C14H22F3N3O/c1-4-18-12-9-11(14(15,16)17)10-13(19-12)21-8-7-20(5-2)6-3/h9-10H,4-8H2,1-3H3,(H,18,19). The van der Waals surface area contributed by atoms with Gasteiger partial charge in [-0.3, -0.25) is 0 Å². The van der Waals surface area contributed by atoms with E-state index in [1.165, 1.54) is 0 Å². The van der Waals surface area contributed by atoms with Crippen LogP contribution in [0.25, 0.3) is 0 Å². The molecule has 0 amide bonds. The summed E-state index contributed by atoms with van der Waals surface area (Å²) in [4.78, 5) is 6.16. The summed E-state index contributed by atoms with van der Waals surface area (Å²) in [6.07, 6.45) is -4.41. The molecule has 1 heterocycles. The Kier molecular flexibility index (Phi) is 6.74. The van der Waals surface area contributed by atoms with E-state index in [4.69, 9.17) is 4.74 Å². The Morgan fingerprint density at radius 2 is 1.86 bits per heavy atom. The minimum absolute atomic E-state index is 0.00655. The lowest BCUT2D eigenvalue weighted by Crippen LogP contribution is -2.28. The van der Waals surface area contributed by atoms with Crippen LogP contribution in [0.2, 0.25) is 0 Å². The van der Waals surface area contributed by atoms with Crippen molar-refractivity contribution in [2.45, 2.75) is 26.9 Å². The second-order valence-electron chi connectivity index (χ2n) is 4.48. The van der Waals surface area contributed by atoms with E-state index in [1.54, 1.807) is 6.92 Å². The van der Waals surface area contributed by atoms with E-state index in [1.807, 2.05) is 13.8 Å². The number of alkyl halides is 3. The number of nitrogens with one attached hydrogen (secondary N) is 1. The van der Waals surface area contributed by atoms with Gasteiger partial charge in [-0.15, -0.1) is 0 Å². The number of hydrogen-bond acceptors (Lipinski definition) is 4. The summed E-state index contributed by atoms with van der Waals surface area (Å²) in [7, 11) is 0. The lowest BCUT2D eigenvalue weighted by Gasteiger charge is -2.18. The molecule has 0 saturated carbocycles. The van der Waals surface area contributed by atoms with E-state index in [-0.39, 0.29) is 11.7 Å². The smallest absolute Gasteiger partial charge is 0.416 e. The summed E-state index contributed by atoms with van der Waals surface area (Å²) in [5.41, 5.74) is -0.758. The average Bonchev–Trinajstić information content (AvgIpc) is 2.43. The normalized spacial score (nSPS) is 11.8. The van der Waals surface area contributed by atoms with Crippen LogP contribution in [0.3, 0.4) is 0 Å². The van der Waals surface area contributed by atoms with Gasteiger partial charge in [-0.1, -0.05) is 13.8 Å². The maximum Gasteiger partial charge on any atom is 0.416 e. The van der Waals surface area contributed by atoms with Gasteiger partial charge in [0.1, 0.15) is 12.4 Å². The molecular weight excluding hydrogens is 283 g/mol. The molecule has 0 aliphatic rings. The van der Waals surface area contributed by atoms with Gasteiger partial charge in [0.2, 0.25) is 5.88 Å². The van der Waals surface area contributed by atoms with Gasteiger partial charge in [-0.2, -0.15) is 18.2 Å². The molecule has 0 saturated heterocycles. The number of nitrogens with zero attached hydrogens (tertiary/aromatic N) is 2. The summed E-state index contributed by atoms with van der Waals surface area (Å²) in [5, 5.41) is 2.78. The molecule has 0 spiro atoms. The predicted molar refractivity (Wildman–Crippen MR) is 76.7 cm³/mol. The van der Waals surface area contributed by atoms with E-state index < -0.39 is 11.7 Å². The van der Waals surface area contributed by atoms with Gasteiger partial charge in [0.25, 0.3) is 0 Å². The minimum Gasteiger partial charge on any atom is -0.476 e. The highest BCUT2D eigenvalue weighted by atomic mass is 19.4. The number of aromatic nitrogens is 1. The van der Waals surface area contributed by atoms with Crippen LogP contribution in [-0.4, -0.2) is 42.7 Å². The van der Waals surface area contributed by atoms with Crippen LogP contribution < -0.4 is 10.1 Å². The van der Waals surface area contributed by atoms with Crippen LogP contribution in [-0.2, 0) is 6.18 Å². The van der Waals surface area contributed by atoms with Crippen molar-refractivity contribution in [1.29, 1.82) is 0 Å². The van der Waals surface area contributed by atoms with Crippen molar-refractivity contribution in [2.75, 3.05) is 38.1 Å². The summed E-state index contributed by atoms with van der Waals surface area (Å²) >= 11 is 0. The molecule has 4 nitrogen and oxygen atoms in total. The third kappa shape index (κ3) is 5.79. The van der Waals surface area contributed by atoms with E-state index in [2.05, 4.69) is 15.2 Å². The average molecular weight is 305 g/mol. The molecule has 1 aromatic heterocycles. The van der Waals surface area contributed by atoms with Crippen LogP contribution >= 0.6 is 0 Å². The van der Waals surface area contributed by atoms with Crippen LogP contribution in [0.1, 0.15) is 26.3 Å². The molecule has 0 aromatic carbocycles. The van der Waals surface area contributed by atoms with Crippen molar-refractivity contribution in [3.05, 3.63) is 17.7 Å². The Morgan fingerprint density at radius 1 is 1.19 bits per heavy atom. The molecule has 0 bridgehead atoms. The number of ether oxygens (including phenoxy) is 1. The molecule has 0 unspecified atom stereocenters. The van der Waals surface area contributed by atoms with E-state index >= 15 is 0 Å². The number of likely N-dealkylation sites (N-methyl/N-ethyl adjacent to an activating group) is 1. The van der Waals surface area contributed by atoms with Crippen molar-refractivity contribution in [3.8, 4) is 5.88 Å². The molecule has 21 heavy (non-hydrogen) atoms. The Morgan fingerprint density at radius 3 is 2.38 bits per heavy atom. The van der Waals surface area contributed by atoms with Crippen molar-refractivity contribution >= 4 is 5.82 Å². The first-order valence-corrected chi connectivity index (χ1v) is 7.09. The fourth-order valence-electron chi connectivity index (χ4n) is 1.83. The lowest BCUT2D eigenvalue weighted by atomic mass is 10.2. The van der Waals surface area contributed by atoms with Gasteiger partial charge >= 0.3 is 6.18 Å². The van der Waals surface area contributed by atoms with E-state index in [0.717, 1.165) is 25.2 Å². The molecule has 0 atom stereocenters. The zero-order valence-corrected chi connectivity index (χ0v) is 12.6. The molecule has 0 fully saturated rings. The third-order valence-electron chi connectivity index (χ3n) is 3.04. The fourth-order valence-corrected chi connectivity index (χ4v) is 1.83. The number of hydrogen-bond donors (Lipinski definition) is 1. The van der Waals surface area contributed by atoms with Gasteiger partial charge < -0.3 is 15.0 Å². The molecule has 1 rings (SSSR count). The number of rotatable bonds is 8. The highest BCUT2D eigenvalue weighted by molar-refractivity contribution is 5.42. The molecule has 0 aliphatic heterocycles. The van der Waals surface area contributed by atoms with Gasteiger partial charge in [-0.05, 0) is 26.1 Å². The van der Waals surface area contributed by atoms with Gasteiger partial charge in [-0.25, -0.2) is 0 Å². The first kappa shape index (κ1) is 17.6. The molecule has 1 aromatic rings. The Balaban J connectivity index is 2.78. The van der Waals surface area contributed by atoms with Crippen LogP contribution in [0, 0.1) is 0 Å². The third-order valence-corrected chi connectivity index (χ3v) is 3.04. The van der Waals surface area contributed by atoms with Gasteiger partial charge in [0, 0.05) is 19.2 Å².